The number of amides is 1. The lowest BCUT2D eigenvalue weighted by molar-refractivity contribution is -0.122. The van der Waals surface area contributed by atoms with Crippen LogP contribution in [0.1, 0.15) is 50.3 Å². The monoisotopic (exact) mass is 314 g/mol. The van der Waals surface area contributed by atoms with Gasteiger partial charge < -0.3 is 10.3 Å². The Hall–Kier alpha value is -2.50. The molecule has 0 aliphatic rings. The van der Waals surface area contributed by atoms with E-state index in [-0.39, 0.29) is 23.1 Å². The standard InChI is InChI=1S/C17H22N4O2/c1-11(2)9-15(22)18-12(3)16-17(23)19-14(20-21-16)10-13-7-5-4-6-8-13/h4-8,11-12H,9-10H2,1-3H3,(H,18,22)(H,19,20,23). The number of nitrogens with one attached hydrogen (secondary N) is 2. The smallest absolute Gasteiger partial charge is 0.275 e. The first-order valence-corrected chi connectivity index (χ1v) is 7.74. The van der Waals surface area contributed by atoms with Crippen molar-refractivity contribution in [2.75, 3.05) is 0 Å². The Bertz CT molecular complexity index is 710. The fourth-order valence-electron chi connectivity index (χ4n) is 2.27. The van der Waals surface area contributed by atoms with Gasteiger partial charge in [-0.3, -0.25) is 9.59 Å². The highest BCUT2D eigenvalue weighted by molar-refractivity contribution is 5.76. The molecule has 6 heteroatoms. The number of nitrogens with zero attached hydrogens (tertiary/aromatic N) is 2. The second-order valence-corrected chi connectivity index (χ2v) is 6.04. The molecule has 0 saturated heterocycles. The van der Waals surface area contributed by atoms with E-state index in [4.69, 9.17) is 0 Å². The zero-order valence-electron chi connectivity index (χ0n) is 13.7. The van der Waals surface area contributed by atoms with Crippen LogP contribution in [0.4, 0.5) is 0 Å². The Morgan fingerprint density at radius 2 is 1.87 bits per heavy atom. The quantitative estimate of drug-likeness (QED) is 0.853. The summed E-state index contributed by atoms with van der Waals surface area (Å²) in [6, 6.07) is 9.25. The molecule has 2 rings (SSSR count). The number of benzene rings is 1. The van der Waals surface area contributed by atoms with E-state index in [9.17, 15) is 9.59 Å². The summed E-state index contributed by atoms with van der Waals surface area (Å²) < 4.78 is 0. The number of hydrogen-bond acceptors (Lipinski definition) is 4. The first kappa shape index (κ1) is 16.9. The maximum Gasteiger partial charge on any atom is 0.275 e. The first-order chi connectivity index (χ1) is 11.0. The maximum absolute atomic E-state index is 12.2. The third-order valence-electron chi connectivity index (χ3n) is 3.36. The van der Waals surface area contributed by atoms with Crippen molar-refractivity contribution in [3.05, 3.63) is 57.8 Å². The fourth-order valence-corrected chi connectivity index (χ4v) is 2.27. The number of aromatic nitrogens is 3. The first-order valence-electron chi connectivity index (χ1n) is 7.74. The number of H-pyrrole nitrogens is 1. The van der Waals surface area contributed by atoms with Crippen molar-refractivity contribution < 1.29 is 4.79 Å². The second-order valence-electron chi connectivity index (χ2n) is 6.04. The molecule has 0 aliphatic heterocycles. The Balaban J connectivity index is 2.07. The van der Waals surface area contributed by atoms with Crippen LogP contribution >= 0.6 is 0 Å². The van der Waals surface area contributed by atoms with E-state index < -0.39 is 6.04 Å². The molecule has 0 fully saturated rings. The van der Waals surface area contributed by atoms with Gasteiger partial charge in [-0.05, 0) is 18.4 Å². The van der Waals surface area contributed by atoms with Gasteiger partial charge in [-0.2, -0.15) is 0 Å². The predicted molar refractivity (Wildman–Crippen MR) is 87.9 cm³/mol. The molecule has 1 unspecified atom stereocenters. The second kappa shape index (κ2) is 7.67. The number of carbonyl (C=O) groups excluding carboxylic acids is 1. The summed E-state index contributed by atoms with van der Waals surface area (Å²) in [7, 11) is 0. The third kappa shape index (κ3) is 5.02. The summed E-state index contributed by atoms with van der Waals surface area (Å²) in [6.45, 7) is 5.67. The minimum atomic E-state index is -0.469. The van der Waals surface area contributed by atoms with E-state index in [2.05, 4.69) is 20.5 Å². The Kier molecular flexibility index (Phi) is 5.62. The van der Waals surface area contributed by atoms with Crippen LogP contribution in [0.5, 0.6) is 0 Å². The van der Waals surface area contributed by atoms with Crippen LogP contribution in [0, 0.1) is 5.92 Å². The van der Waals surface area contributed by atoms with Crippen LogP contribution in [0.3, 0.4) is 0 Å². The van der Waals surface area contributed by atoms with Crippen LogP contribution in [0.25, 0.3) is 0 Å². The molecule has 2 N–H and O–H groups in total. The average Bonchev–Trinajstić information content (AvgIpc) is 2.47. The molecule has 2 aromatic rings. The molecule has 1 atom stereocenters. The highest BCUT2D eigenvalue weighted by atomic mass is 16.2. The van der Waals surface area contributed by atoms with Crippen molar-refractivity contribution in [3.8, 4) is 0 Å². The van der Waals surface area contributed by atoms with Gasteiger partial charge in [-0.25, -0.2) is 0 Å². The van der Waals surface area contributed by atoms with E-state index in [1.54, 1.807) is 6.92 Å². The summed E-state index contributed by atoms with van der Waals surface area (Å²) >= 11 is 0. The lowest BCUT2D eigenvalue weighted by Gasteiger charge is -2.13. The summed E-state index contributed by atoms with van der Waals surface area (Å²) in [4.78, 5) is 26.7. The van der Waals surface area contributed by atoms with Crippen LogP contribution in [-0.4, -0.2) is 21.1 Å². The summed E-state index contributed by atoms with van der Waals surface area (Å²) in [6.07, 6.45) is 0.930. The van der Waals surface area contributed by atoms with Crippen LogP contribution in [-0.2, 0) is 11.2 Å². The lowest BCUT2D eigenvalue weighted by Crippen LogP contribution is -2.33. The molecule has 1 aromatic carbocycles. The van der Waals surface area contributed by atoms with Crippen molar-refractivity contribution in [1.82, 2.24) is 20.5 Å². The minimum Gasteiger partial charge on any atom is -0.348 e. The number of carbonyl (C=O) groups is 1. The molecular formula is C17H22N4O2. The van der Waals surface area contributed by atoms with Gasteiger partial charge >= 0.3 is 0 Å². The fraction of sp³-hybridized carbons (Fsp3) is 0.412. The molecule has 1 aromatic heterocycles. The van der Waals surface area contributed by atoms with E-state index >= 15 is 0 Å². The average molecular weight is 314 g/mol. The van der Waals surface area contributed by atoms with Crippen molar-refractivity contribution in [2.24, 2.45) is 5.92 Å². The van der Waals surface area contributed by atoms with Gasteiger partial charge in [-0.15, -0.1) is 10.2 Å². The largest absolute Gasteiger partial charge is 0.348 e. The summed E-state index contributed by atoms with van der Waals surface area (Å²) in [5.74, 6) is 0.674. The molecule has 0 saturated carbocycles. The van der Waals surface area contributed by atoms with Gasteiger partial charge in [0.2, 0.25) is 5.91 Å². The van der Waals surface area contributed by atoms with Crippen molar-refractivity contribution in [2.45, 2.75) is 39.7 Å². The van der Waals surface area contributed by atoms with Crippen molar-refractivity contribution in [3.63, 3.8) is 0 Å². The van der Waals surface area contributed by atoms with Gasteiger partial charge in [0.25, 0.3) is 5.56 Å². The van der Waals surface area contributed by atoms with Gasteiger partial charge in [0.1, 0.15) is 11.5 Å². The molecule has 1 heterocycles. The zero-order chi connectivity index (χ0) is 16.8. The van der Waals surface area contributed by atoms with E-state index in [1.807, 2.05) is 44.2 Å². The van der Waals surface area contributed by atoms with Gasteiger partial charge in [0, 0.05) is 12.8 Å². The van der Waals surface area contributed by atoms with E-state index in [0.717, 1.165) is 5.56 Å². The normalized spacial score (nSPS) is 12.2. The number of rotatable bonds is 6. The molecule has 0 aliphatic carbocycles. The van der Waals surface area contributed by atoms with Gasteiger partial charge in [0.05, 0.1) is 6.04 Å². The SMILES string of the molecule is CC(C)CC(=O)NC(C)c1nnc(Cc2ccccc2)[nH]c1=O. The Labute approximate surface area is 135 Å². The Morgan fingerprint density at radius 3 is 2.48 bits per heavy atom. The Morgan fingerprint density at radius 1 is 1.17 bits per heavy atom. The molecule has 6 nitrogen and oxygen atoms in total. The van der Waals surface area contributed by atoms with E-state index in [1.165, 1.54) is 0 Å². The van der Waals surface area contributed by atoms with E-state index in [0.29, 0.717) is 18.7 Å². The summed E-state index contributed by atoms with van der Waals surface area (Å²) in [5, 5.41) is 10.8. The third-order valence-corrected chi connectivity index (χ3v) is 3.36. The predicted octanol–water partition coefficient (Wildman–Crippen LogP) is 1.98. The van der Waals surface area contributed by atoms with Crippen LogP contribution in [0.2, 0.25) is 0 Å². The molecule has 0 spiro atoms. The number of aromatic amines is 1. The van der Waals surface area contributed by atoms with Crippen molar-refractivity contribution in [1.29, 1.82) is 0 Å². The molecule has 1 amide bonds. The topological polar surface area (TPSA) is 87.7 Å². The van der Waals surface area contributed by atoms with Gasteiger partial charge in [0.15, 0.2) is 0 Å². The summed E-state index contributed by atoms with van der Waals surface area (Å²) in [5.41, 5.74) is 0.950. The molecule has 0 radical (unpaired) electrons. The molecule has 122 valence electrons. The van der Waals surface area contributed by atoms with Crippen molar-refractivity contribution >= 4 is 5.91 Å². The minimum absolute atomic E-state index is 0.0953. The van der Waals surface area contributed by atoms with Crippen LogP contribution < -0.4 is 10.9 Å². The molecular weight excluding hydrogens is 292 g/mol. The number of hydrogen-bond donors (Lipinski definition) is 2. The molecule has 23 heavy (non-hydrogen) atoms. The molecule has 0 bridgehead atoms. The zero-order valence-corrected chi connectivity index (χ0v) is 13.7. The highest BCUT2D eigenvalue weighted by Crippen LogP contribution is 2.07. The lowest BCUT2D eigenvalue weighted by atomic mass is 10.1. The van der Waals surface area contributed by atoms with Crippen LogP contribution in [0.15, 0.2) is 35.1 Å². The maximum atomic E-state index is 12.2. The van der Waals surface area contributed by atoms with Gasteiger partial charge in [-0.1, -0.05) is 44.2 Å². The highest BCUT2D eigenvalue weighted by Gasteiger charge is 2.16.